The molecule has 0 aliphatic carbocycles. The molecule has 0 radical (unpaired) electrons. The van der Waals surface area contributed by atoms with Crippen LogP contribution in [0.15, 0.2) is 42.7 Å². The fraction of sp³-hybridized carbons (Fsp3) is 0.368. The number of aromatic nitrogens is 4. The third kappa shape index (κ3) is 4.30. The van der Waals surface area contributed by atoms with Gasteiger partial charge in [-0.15, -0.1) is 0 Å². The number of aryl methyl sites for hydroxylation is 2. The lowest BCUT2D eigenvalue weighted by molar-refractivity contribution is 0.546. The molecule has 0 amide bonds. The van der Waals surface area contributed by atoms with E-state index in [9.17, 15) is 0 Å². The molecule has 5 nitrogen and oxygen atoms in total. The van der Waals surface area contributed by atoms with Gasteiger partial charge in [0.05, 0.1) is 23.0 Å². The number of halogens is 1. The molecule has 0 unspecified atom stereocenters. The van der Waals surface area contributed by atoms with Gasteiger partial charge >= 0.3 is 0 Å². The Labute approximate surface area is 153 Å². The summed E-state index contributed by atoms with van der Waals surface area (Å²) in [7, 11) is 0. The minimum atomic E-state index is 0.704. The standard InChI is InChI=1S/C19H24ClN5/c1-3-10-25-18(19(20)15(2)23-25)13-21-12-16-7-4-5-8-17(16)14-24-11-6-9-22-24/h4-9,11,21H,3,10,12-14H2,1-2H3. The van der Waals surface area contributed by atoms with Crippen molar-refractivity contribution in [3.63, 3.8) is 0 Å². The van der Waals surface area contributed by atoms with Crippen LogP contribution in [0.25, 0.3) is 0 Å². The van der Waals surface area contributed by atoms with Crippen molar-refractivity contribution in [3.05, 3.63) is 70.3 Å². The second-order valence-electron chi connectivity index (χ2n) is 6.15. The average Bonchev–Trinajstić information content (AvgIpc) is 3.20. The fourth-order valence-corrected chi connectivity index (χ4v) is 3.14. The molecule has 0 fully saturated rings. The van der Waals surface area contributed by atoms with Crippen molar-refractivity contribution in [2.75, 3.05) is 0 Å². The molecular formula is C19H24ClN5. The molecule has 3 aromatic rings. The lowest BCUT2D eigenvalue weighted by Gasteiger charge is -2.12. The summed E-state index contributed by atoms with van der Waals surface area (Å²) in [6.45, 7) is 7.25. The molecule has 0 spiro atoms. The first-order valence-corrected chi connectivity index (χ1v) is 9.03. The molecule has 0 atom stereocenters. The Balaban J connectivity index is 1.67. The molecule has 2 heterocycles. The van der Waals surface area contributed by atoms with Crippen molar-refractivity contribution in [2.45, 2.75) is 46.4 Å². The Kier molecular flexibility index (Phi) is 5.89. The molecule has 6 heteroatoms. The highest BCUT2D eigenvalue weighted by Crippen LogP contribution is 2.20. The lowest BCUT2D eigenvalue weighted by Crippen LogP contribution is -2.18. The zero-order valence-corrected chi connectivity index (χ0v) is 15.5. The van der Waals surface area contributed by atoms with Crippen molar-refractivity contribution >= 4 is 11.6 Å². The smallest absolute Gasteiger partial charge is 0.0860 e. The van der Waals surface area contributed by atoms with Crippen LogP contribution in [-0.2, 0) is 26.2 Å². The van der Waals surface area contributed by atoms with Crippen LogP contribution in [-0.4, -0.2) is 19.6 Å². The first-order valence-electron chi connectivity index (χ1n) is 8.65. The number of nitrogens with zero attached hydrogens (tertiary/aromatic N) is 4. The van der Waals surface area contributed by atoms with Gasteiger partial charge in [0.2, 0.25) is 0 Å². The molecule has 0 saturated carbocycles. The summed E-state index contributed by atoms with van der Waals surface area (Å²) in [6, 6.07) is 10.4. The quantitative estimate of drug-likeness (QED) is 0.667. The maximum Gasteiger partial charge on any atom is 0.0860 e. The van der Waals surface area contributed by atoms with E-state index in [1.807, 2.05) is 28.6 Å². The van der Waals surface area contributed by atoms with Crippen molar-refractivity contribution in [2.24, 2.45) is 0 Å². The van der Waals surface area contributed by atoms with Gasteiger partial charge < -0.3 is 5.32 Å². The Bertz CT molecular complexity index is 807. The summed E-state index contributed by atoms with van der Waals surface area (Å²) in [6.07, 6.45) is 4.83. The van der Waals surface area contributed by atoms with Gasteiger partial charge in [0.25, 0.3) is 0 Å². The zero-order valence-electron chi connectivity index (χ0n) is 14.7. The molecule has 1 N–H and O–H groups in total. The fourth-order valence-electron chi connectivity index (χ4n) is 2.94. The second kappa shape index (κ2) is 8.32. The van der Waals surface area contributed by atoms with Gasteiger partial charge in [0.15, 0.2) is 0 Å². The topological polar surface area (TPSA) is 47.7 Å². The molecule has 132 valence electrons. The Morgan fingerprint density at radius 1 is 1.12 bits per heavy atom. The van der Waals surface area contributed by atoms with Crippen LogP contribution in [0.3, 0.4) is 0 Å². The lowest BCUT2D eigenvalue weighted by atomic mass is 10.1. The number of benzene rings is 1. The van der Waals surface area contributed by atoms with Crippen molar-refractivity contribution < 1.29 is 0 Å². The van der Waals surface area contributed by atoms with E-state index in [0.29, 0.717) is 6.54 Å². The summed E-state index contributed by atoms with van der Waals surface area (Å²) in [5.41, 5.74) is 4.49. The van der Waals surface area contributed by atoms with Crippen LogP contribution >= 0.6 is 11.6 Å². The van der Waals surface area contributed by atoms with E-state index in [1.165, 1.54) is 11.1 Å². The van der Waals surface area contributed by atoms with E-state index in [-0.39, 0.29) is 0 Å². The summed E-state index contributed by atoms with van der Waals surface area (Å²) < 4.78 is 3.95. The number of hydrogen-bond acceptors (Lipinski definition) is 3. The first-order chi connectivity index (χ1) is 12.2. The van der Waals surface area contributed by atoms with Gasteiger partial charge in [0.1, 0.15) is 0 Å². The largest absolute Gasteiger partial charge is 0.307 e. The van der Waals surface area contributed by atoms with Gasteiger partial charge in [-0.2, -0.15) is 10.2 Å². The molecule has 0 saturated heterocycles. The molecular weight excluding hydrogens is 334 g/mol. The zero-order chi connectivity index (χ0) is 17.6. The average molecular weight is 358 g/mol. The van der Waals surface area contributed by atoms with Gasteiger partial charge in [0, 0.05) is 32.0 Å². The minimum Gasteiger partial charge on any atom is -0.307 e. The van der Waals surface area contributed by atoms with Crippen LogP contribution < -0.4 is 5.32 Å². The van der Waals surface area contributed by atoms with E-state index in [0.717, 1.165) is 42.5 Å². The van der Waals surface area contributed by atoms with E-state index >= 15 is 0 Å². The second-order valence-corrected chi connectivity index (χ2v) is 6.52. The first kappa shape index (κ1) is 17.7. The summed E-state index contributed by atoms with van der Waals surface area (Å²) >= 11 is 6.42. The van der Waals surface area contributed by atoms with Crippen LogP contribution in [0, 0.1) is 6.92 Å². The van der Waals surface area contributed by atoms with Crippen molar-refractivity contribution in [1.82, 2.24) is 24.9 Å². The highest BCUT2D eigenvalue weighted by molar-refractivity contribution is 6.31. The normalized spacial score (nSPS) is 11.2. The molecule has 2 aromatic heterocycles. The van der Waals surface area contributed by atoms with E-state index in [2.05, 4.69) is 46.7 Å². The highest BCUT2D eigenvalue weighted by atomic mass is 35.5. The minimum absolute atomic E-state index is 0.704. The summed E-state index contributed by atoms with van der Waals surface area (Å²) in [5, 5.41) is 13.1. The maximum absolute atomic E-state index is 6.42. The Hall–Kier alpha value is -2.11. The van der Waals surface area contributed by atoms with Crippen LogP contribution in [0.1, 0.15) is 35.9 Å². The summed E-state index contributed by atoms with van der Waals surface area (Å²) in [4.78, 5) is 0. The third-order valence-corrected chi connectivity index (χ3v) is 4.70. The monoisotopic (exact) mass is 357 g/mol. The molecule has 0 bridgehead atoms. The van der Waals surface area contributed by atoms with Gasteiger partial charge in [-0.05, 0) is 30.5 Å². The van der Waals surface area contributed by atoms with Crippen molar-refractivity contribution in [3.8, 4) is 0 Å². The van der Waals surface area contributed by atoms with Gasteiger partial charge in [-0.25, -0.2) is 0 Å². The predicted octanol–water partition coefficient (Wildman–Crippen LogP) is 3.79. The number of nitrogens with one attached hydrogen (secondary N) is 1. The molecule has 25 heavy (non-hydrogen) atoms. The predicted molar refractivity (Wildman–Crippen MR) is 101 cm³/mol. The Morgan fingerprint density at radius 3 is 2.64 bits per heavy atom. The van der Waals surface area contributed by atoms with Crippen LogP contribution in [0.5, 0.6) is 0 Å². The van der Waals surface area contributed by atoms with E-state index in [1.54, 1.807) is 6.20 Å². The van der Waals surface area contributed by atoms with Crippen molar-refractivity contribution in [1.29, 1.82) is 0 Å². The number of hydrogen-bond donors (Lipinski definition) is 1. The van der Waals surface area contributed by atoms with Crippen LogP contribution in [0.2, 0.25) is 5.02 Å². The van der Waals surface area contributed by atoms with Crippen LogP contribution in [0.4, 0.5) is 0 Å². The highest BCUT2D eigenvalue weighted by Gasteiger charge is 2.12. The van der Waals surface area contributed by atoms with Gasteiger partial charge in [-0.3, -0.25) is 9.36 Å². The SMILES string of the molecule is CCCn1nc(C)c(Cl)c1CNCc1ccccc1Cn1cccn1. The van der Waals surface area contributed by atoms with Gasteiger partial charge in [-0.1, -0.05) is 42.8 Å². The van der Waals surface area contributed by atoms with E-state index < -0.39 is 0 Å². The molecule has 3 rings (SSSR count). The Morgan fingerprint density at radius 2 is 1.92 bits per heavy atom. The third-order valence-electron chi connectivity index (χ3n) is 4.21. The molecule has 0 aliphatic rings. The molecule has 1 aromatic carbocycles. The number of rotatable bonds is 8. The summed E-state index contributed by atoms with van der Waals surface area (Å²) in [5.74, 6) is 0. The maximum atomic E-state index is 6.42. The molecule has 0 aliphatic heterocycles. The van der Waals surface area contributed by atoms with E-state index in [4.69, 9.17) is 11.6 Å².